The number of sulfonamides is 1. The Morgan fingerprint density at radius 3 is 2.50 bits per heavy atom. The quantitative estimate of drug-likeness (QED) is 0.766. The molecule has 0 amide bonds. The molecular formula is C17H16N2O4S. The highest BCUT2D eigenvalue weighted by Crippen LogP contribution is 2.31. The summed E-state index contributed by atoms with van der Waals surface area (Å²) in [5.41, 5.74) is 1.07. The molecule has 1 N–H and O–H groups in total. The molecule has 124 valence electrons. The molecule has 0 saturated carbocycles. The summed E-state index contributed by atoms with van der Waals surface area (Å²) in [6.07, 6.45) is 1.55. The molecule has 1 aromatic heterocycles. The van der Waals surface area contributed by atoms with Crippen LogP contribution in [0.15, 0.2) is 64.0 Å². The number of methoxy groups -OCH3 is 1. The van der Waals surface area contributed by atoms with Crippen molar-refractivity contribution in [1.82, 2.24) is 4.98 Å². The van der Waals surface area contributed by atoms with E-state index < -0.39 is 10.0 Å². The first-order valence-electron chi connectivity index (χ1n) is 7.18. The Morgan fingerprint density at radius 2 is 1.88 bits per heavy atom. The van der Waals surface area contributed by atoms with E-state index in [4.69, 9.17) is 9.15 Å². The Kier molecular flexibility index (Phi) is 4.26. The monoisotopic (exact) mass is 344 g/mol. The summed E-state index contributed by atoms with van der Waals surface area (Å²) in [4.78, 5) is 4.06. The number of nitrogens with one attached hydrogen (secondary N) is 1. The van der Waals surface area contributed by atoms with Gasteiger partial charge in [-0.25, -0.2) is 13.4 Å². The highest BCUT2D eigenvalue weighted by atomic mass is 32.2. The van der Waals surface area contributed by atoms with Crippen LogP contribution in [-0.2, 0) is 10.0 Å². The van der Waals surface area contributed by atoms with E-state index in [0.29, 0.717) is 22.9 Å². The SMILES string of the molecule is COc1ccc(-c2cnc(C)o2)cc1S(=O)(=O)Nc1ccccc1. The highest BCUT2D eigenvalue weighted by molar-refractivity contribution is 7.92. The molecule has 0 radical (unpaired) electrons. The number of hydrogen-bond donors (Lipinski definition) is 1. The van der Waals surface area contributed by atoms with E-state index in [-0.39, 0.29) is 10.6 Å². The third-order valence-corrected chi connectivity index (χ3v) is 4.79. The molecule has 0 aliphatic carbocycles. The van der Waals surface area contributed by atoms with Crippen LogP contribution in [0.1, 0.15) is 5.89 Å². The largest absolute Gasteiger partial charge is 0.495 e. The van der Waals surface area contributed by atoms with Crippen molar-refractivity contribution >= 4 is 15.7 Å². The van der Waals surface area contributed by atoms with Crippen LogP contribution in [0.5, 0.6) is 5.75 Å². The third kappa shape index (κ3) is 3.26. The van der Waals surface area contributed by atoms with Crippen molar-refractivity contribution in [2.45, 2.75) is 11.8 Å². The lowest BCUT2D eigenvalue weighted by atomic mass is 10.2. The van der Waals surface area contributed by atoms with Crippen LogP contribution in [0, 0.1) is 6.92 Å². The molecule has 0 spiro atoms. The minimum atomic E-state index is -3.82. The Hall–Kier alpha value is -2.80. The summed E-state index contributed by atoms with van der Waals surface area (Å²) in [5, 5.41) is 0. The predicted molar refractivity (Wildman–Crippen MR) is 90.5 cm³/mol. The average molecular weight is 344 g/mol. The maximum Gasteiger partial charge on any atom is 0.265 e. The zero-order chi connectivity index (χ0) is 17.2. The number of para-hydroxylation sites is 1. The second-order valence-corrected chi connectivity index (χ2v) is 6.73. The standard InChI is InChI=1S/C17H16N2O4S/c1-12-18-11-16(23-12)13-8-9-15(22-2)17(10-13)24(20,21)19-14-6-4-3-5-7-14/h3-11,19H,1-2H3. The van der Waals surface area contributed by atoms with Crippen LogP contribution < -0.4 is 9.46 Å². The van der Waals surface area contributed by atoms with Gasteiger partial charge in [0.15, 0.2) is 11.7 Å². The molecule has 1 heterocycles. The fourth-order valence-corrected chi connectivity index (χ4v) is 3.51. The number of aryl methyl sites for hydroxylation is 1. The number of rotatable bonds is 5. The normalized spacial score (nSPS) is 11.2. The molecule has 3 rings (SSSR count). The number of oxazole rings is 1. The molecule has 0 bridgehead atoms. The minimum absolute atomic E-state index is 0.0282. The summed E-state index contributed by atoms with van der Waals surface area (Å²) >= 11 is 0. The third-order valence-electron chi connectivity index (χ3n) is 3.38. The zero-order valence-electron chi connectivity index (χ0n) is 13.2. The van der Waals surface area contributed by atoms with Gasteiger partial charge >= 0.3 is 0 Å². The fourth-order valence-electron chi connectivity index (χ4n) is 2.25. The van der Waals surface area contributed by atoms with E-state index in [2.05, 4.69) is 9.71 Å². The van der Waals surface area contributed by atoms with Crippen molar-refractivity contribution in [2.24, 2.45) is 0 Å². The van der Waals surface area contributed by atoms with Crippen molar-refractivity contribution in [3.63, 3.8) is 0 Å². The molecule has 0 fully saturated rings. The molecule has 0 aliphatic rings. The van der Waals surface area contributed by atoms with Gasteiger partial charge in [-0.05, 0) is 30.3 Å². The number of benzene rings is 2. The molecule has 6 nitrogen and oxygen atoms in total. The first kappa shape index (κ1) is 16.1. The topological polar surface area (TPSA) is 81.4 Å². The molecule has 24 heavy (non-hydrogen) atoms. The van der Waals surface area contributed by atoms with Crippen molar-refractivity contribution in [2.75, 3.05) is 11.8 Å². The van der Waals surface area contributed by atoms with Crippen molar-refractivity contribution in [3.05, 3.63) is 60.6 Å². The smallest absolute Gasteiger partial charge is 0.265 e. The minimum Gasteiger partial charge on any atom is -0.495 e. The second-order valence-electron chi connectivity index (χ2n) is 5.08. The number of anilines is 1. The van der Waals surface area contributed by atoms with Gasteiger partial charge in [0.25, 0.3) is 10.0 Å². The van der Waals surface area contributed by atoms with Gasteiger partial charge in [0.1, 0.15) is 10.6 Å². The van der Waals surface area contributed by atoms with Gasteiger partial charge in [0, 0.05) is 18.2 Å². The van der Waals surface area contributed by atoms with Crippen LogP contribution in [0.3, 0.4) is 0 Å². The van der Waals surface area contributed by atoms with Crippen LogP contribution in [0.25, 0.3) is 11.3 Å². The van der Waals surface area contributed by atoms with Gasteiger partial charge in [-0.2, -0.15) is 0 Å². The molecule has 0 atom stereocenters. The lowest BCUT2D eigenvalue weighted by Gasteiger charge is -2.12. The van der Waals surface area contributed by atoms with Crippen molar-refractivity contribution in [3.8, 4) is 17.1 Å². The molecule has 0 saturated heterocycles. The lowest BCUT2D eigenvalue weighted by Crippen LogP contribution is -2.14. The molecule has 0 unspecified atom stereocenters. The molecular weight excluding hydrogens is 328 g/mol. The first-order chi connectivity index (χ1) is 11.5. The molecule has 2 aromatic carbocycles. The zero-order valence-corrected chi connectivity index (χ0v) is 14.0. The van der Waals surface area contributed by atoms with Gasteiger partial charge in [-0.3, -0.25) is 4.72 Å². The summed E-state index contributed by atoms with van der Waals surface area (Å²) in [7, 11) is -2.39. The number of aromatic nitrogens is 1. The first-order valence-corrected chi connectivity index (χ1v) is 8.66. The second kappa shape index (κ2) is 6.37. The van der Waals surface area contributed by atoms with E-state index in [1.807, 2.05) is 6.07 Å². The van der Waals surface area contributed by atoms with Gasteiger partial charge in [0.2, 0.25) is 0 Å². The van der Waals surface area contributed by atoms with Gasteiger partial charge in [-0.15, -0.1) is 0 Å². The Bertz CT molecular complexity index is 950. The Labute approximate surface area is 140 Å². The molecule has 0 aliphatic heterocycles. The van der Waals surface area contributed by atoms with Crippen LogP contribution in [0.2, 0.25) is 0 Å². The lowest BCUT2D eigenvalue weighted by molar-refractivity contribution is 0.403. The Morgan fingerprint density at radius 1 is 1.12 bits per heavy atom. The van der Waals surface area contributed by atoms with E-state index in [1.54, 1.807) is 49.5 Å². The van der Waals surface area contributed by atoms with Gasteiger partial charge in [0.05, 0.1) is 13.3 Å². The van der Waals surface area contributed by atoms with Gasteiger partial charge in [-0.1, -0.05) is 18.2 Å². The highest BCUT2D eigenvalue weighted by Gasteiger charge is 2.21. The predicted octanol–water partition coefficient (Wildman–Crippen LogP) is 3.46. The summed E-state index contributed by atoms with van der Waals surface area (Å²) in [6.45, 7) is 1.72. The Balaban J connectivity index is 2.04. The van der Waals surface area contributed by atoms with Crippen LogP contribution in [0.4, 0.5) is 5.69 Å². The van der Waals surface area contributed by atoms with Crippen LogP contribution >= 0.6 is 0 Å². The molecule has 3 aromatic rings. The maximum atomic E-state index is 12.7. The van der Waals surface area contributed by atoms with Crippen molar-refractivity contribution in [1.29, 1.82) is 0 Å². The summed E-state index contributed by atoms with van der Waals surface area (Å²) < 4.78 is 38.7. The number of nitrogens with zero attached hydrogens (tertiary/aromatic N) is 1. The van der Waals surface area contributed by atoms with E-state index in [0.717, 1.165) is 0 Å². The fraction of sp³-hybridized carbons (Fsp3) is 0.118. The number of hydrogen-bond acceptors (Lipinski definition) is 5. The van der Waals surface area contributed by atoms with Crippen LogP contribution in [-0.4, -0.2) is 20.5 Å². The average Bonchev–Trinajstić information content (AvgIpc) is 3.01. The maximum absolute atomic E-state index is 12.7. The number of ether oxygens (including phenoxy) is 1. The molecule has 7 heteroatoms. The van der Waals surface area contributed by atoms with E-state index >= 15 is 0 Å². The summed E-state index contributed by atoms with van der Waals surface area (Å²) in [6, 6.07) is 13.5. The van der Waals surface area contributed by atoms with E-state index in [9.17, 15) is 8.42 Å². The summed E-state index contributed by atoms with van der Waals surface area (Å²) in [5.74, 6) is 1.25. The van der Waals surface area contributed by atoms with Gasteiger partial charge < -0.3 is 9.15 Å². The van der Waals surface area contributed by atoms with Crippen molar-refractivity contribution < 1.29 is 17.6 Å². The van der Waals surface area contributed by atoms with E-state index in [1.165, 1.54) is 13.2 Å².